The van der Waals surface area contributed by atoms with E-state index in [2.05, 4.69) is 11.4 Å². The second kappa shape index (κ2) is 5.95. The molecule has 0 saturated carbocycles. The Morgan fingerprint density at radius 1 is 1.69 bits per heavy atom. The lowest BCUT2D eigenvalue weighted by Gasteiger charge is -2.23. The van der Waals surface area contributed by atoms with E-state index in [-0.39, 0.29) is 5.92 Å². The molecule has 1 aliphatic heterocycles. The van der Waals surface area contributed by atoms with Crippen molar-refractivity contribution in [3.8, 4) is 6.07 Å². The number of rotatable bonds is 4. The second-order valence-electron chi connectivity index (χ2n) is 3.66. The van der Waals surface area contributed by atoms with Crippen molar-refractivity contribution in [3.63, 3.8) is 0 Å². The first kappa shape index (κ1) is 10.5. The van der Waals surface area contributed by atoms with Gasteiger partial charge in [0.25, 0.3) is 0 Å². The molecule has 2 atom stereocenters. The third-order valence-corrected chi connectivity index (χ3v) is 2.39. The summed E-state index contributed by atoms with van der Waals surface area (Å²) in [6.45, 7) is 4.75. The maximum absolute atomic E-state index is 8.58. The van der Waals surface area contributed by atoms with Crippen LogP contribution in [0.4, 0.5) is 0 Å². The van der Waals surface area contributed by atoms with Crippen molar-refractivity contribution in [1.82, 2.24) is 5.32 Å². The number of hydrogen-bond acceptors (Lipinski definition) is 3. The Bertz CT molecular complexity index is 170. The number of morpholine rings is 1. The van der Waals surface area contributed by atoms with Crippen molar-refractivity contribution in [3.05, 3.63) is 0 Å². The van der Waals surface area contributed by atoms with E-state index in [4.69, 9.17) is 10.00 Å². The van der Waals surface area contributed by atoms with Crippen LogP contribution in [0.1, 0.15) is 26.2 Å². The van der Waals surface area contributed by atoms with Crippen LogP contribution in [0.25, 0.3) is 0 Å². The molecule has 1 N–H and O–H groups in total. The molecule has 1 aliphatic rings. The van der Waals surface area contributed by atoms with Crippen LogP contribution in [0.3, 0.4) is 0 Å². The summed E-state index contributed by atoms with van der Waals surface area (Å²) in [7, 11) is 0. The highest BCUT2D eigenvalue weighted by molar-refractivity contribution is 4.78. The van der Waals surface area contributed by atoms with Crippen molar-refractivity contribution in [2.45, 2.75) is 32.3 Å². The van der Waals surface area contributed by atoms with E-state index in [1.807, 2.05) is 6.92 Å². The summed E-state index contributed by atoms with van der Waals surface area (Å²) < 4.78 is 5.55. The lowest BCUT2D eigenvalue weighted by Crippen LogP contribution is -2.38. The van der Waals surface area contributed by atoms with Crippen LogP contribution in [0.2, 0.25) is 0 Å². The number of nitriles is 1. The van der Waals surface area contributed by atoms with E-state index in [0.29, 0.717) is 6.10 Å². The van der Waals surface area contributed by atoms with Crippen molar-refractivity contribution in [2.24, 2.45) is 5.92 Å². The summed E-state index contributed by atoms with van der Waals surface area (Å²) >= 11 is 0. The molecule has 1 rings (SSSR count). The fraction of sp³-hybridized carbons (Fsp3) is 0.900. The number of nitrogens with zero attached hydrogens (tertiary/aromatic N) is 1. The molecule has 13 heavy (non-hydrogen) atoms. The molecule has 1 saturated heterocycles. The smallest absolute Gasteiger partial charge is 0.0700 e. The average molecular weight is 182 g/mol. The molecule has 0 radical (unpaired) electrons. The molecular weight excluding hydrogens is 164 g/mol. The van der Waals surface area contributed by atoms with Crippen LogP contribution in [-0.2, 0) is 4.74 Å². The zero-order valence-corrected chi connectivity index (χ0v) is 8.25. The molecule has 3 nitrogen and oxygen atoms in total. The Kier molecular flexibility index (Phi) is 4.81. The third-order valence-electron chi connectivity index (χ3n) is 2.39. The number of hydrogen-bond donors (Lipinski definition) is 1. The van der Waals surface area contributed by atoms with Crippen molar-refractivity contribution < 1.29 is 4.74 Å². The minimum Gasteiger partial charge on any atom is -0.376 e. The minimum atomic E-state index is 0.191. The summed E-state index contributed by atoms with van der Waals surface area (Å²) in [5, 5.41) is 11.9. The fourth-order valence-electron chi connectivity index (χ4n) is 1.52. The predicted molar refractivity (Wildman–Crippen MR) is 51.2 cm³/mol. The quantitative estimate of drug-likeness (QED) is 0.713. The Labute approximate surface area is 80.1 Å². The van der Waals surface area contributed by atoms with E-state index in [1.54, 1.807) is 0 Å². The standard InChI is InChI=1S/C10H18N2O/c1-9(7-11)3-2-4-10-8-12-5-6-13-10/h9-10,12H,2-6,8H2,1H3/t9-,10+/m0/s1. The molecule has 3 heteroatoms. The van der Waals surface area contributed by atoms with Crippen LogP contribution in [0, 0.1) is 17.2 Å². The van der Waals surface area contributed by atoms with Gasteiger partial charge in [-0.15, -0.1) is 0 Å². The van der Waals surface area contributed by atoms with Gasteiger partial charge in [0.2, 0.25) is 0 Å². The molecule has 0 aliphatic carbocycles. The van der Waals surface area contributed by atoms with Gasteiger partial charge >= 0.3 is 0 Å². The first-order valence-corrected chi connectivity index (χ1v) is 5.05. The highest BCUT2D eigenvalue weighted by atomic mass is 16.5. The Morgan fingerprint density at radius 3 is 3.15 bits per heavy atom. The predicted octanol–water partition coefficient (Wildman–Crippen LogP) is 1.30. The lowest BCUT2D eigenvalue weighted by molar-refractivity contribution is 0.0218. The van der Waals surface area contributed by atoms with Crippen LogP contribution in [-0.4, -0.2) is 25.8 Å². The van der Waals surface area contributed by atoms with Gasteiger partial charge in [0, 0.05) is 19.0 Å². The van der Waals surface area contributed by atoms with Gasteiger partial charge in [-0.25, -0.2) is 0 Å². The first-order chi connectivity index (χ1) is 6.33. The summed E-state index contributed by atoms with van der Waals surface area (Å²) in [6.07, 6.45) is 3.55. The van der Waals surface area contributed by atoms with Gasteiger partial charge < -0.3 is 10.1 Å². The monoisotopic (exact) mass is 182 g/mol. The maximum atomic E-state index is 8.58. The molecule has 0 bridgehead atoms. The zero-order chi connectivity index (χ0) is 9.52. The molecule has 74 valence electrons. The maximum Gasteiger partial charge on any atom is 0.0700 e. The van der Waals surface area contributed by atoms with Crippen molar-refractivity contribution in [2.75, 3.05) is 19.7 Å². The van der Waals surface area contributed by atoms with Gasteiger partial charge in [0.05, 0.1) is 18.8 Å². The first-order valence-electron chi connectivity index (χ1n) is 5.05. The third kappa shape index (κ3) is 4.25. The molecular formula is C10H18N2O. The Hall–Kier alpha value is -0.590. The normalized spacial score (nSPS) is 25.1. The van der Waals surface area contributed by atoms with Crippen LogP contribution >= 0.6 is 0 Å². The topological polar surface area (TPSA) is 45.0 Å². The Balaban J connectivity index is 2.02. The van der Waals surface area contributed by atoms with Crippen LogP contribution in [0.5, 0.6) is 0 Å². The Morgan fingerprint density at radius 2 is 2.54 bits per heavy atom. The molecule has 1 heterocycles. The van der Waals surface area contributed by atoms with Crippen molar-refractivity contribution in [1.29, 1.82) is 5.26 Å². The zero-order valence-electron chi connectivity index (χ0n) is 8.25. The molecule has 0 spiro atoms. The molecule has 0 aromatic rings. The highest BCUT2D eigenvalue weighted by Crippen LogP contribution is 2.11. The van der Waals surface area contributed by atoms with E-state index < -0.39 is 0 Å². The average Bonchev–Trinajstić information content (AvgIpc) is 2.19. The summed E-state index contributed by atoms with van der Waals surface area (Å²) in [5.41, 5.74) is 0. The molecule has 0 aromatic heterocycles. The van der Waals surface area contributed by atoms with Gasteiger partial charge in [-0.2, -0.15) is 5.26 Å². The van der Waals surface area contributed by atoms with Gasteiger partial charge in [-0.1, -0.05) is 0 Å². The van der Waals surface area contributed by atoms with Crippen LogP contribution in [0.15, 0.2) is 0 Å². The fourth-order valence-corrected chi connectivity index (χ4v) is 1.52. The van der Waals surface area contributed by atoms with Gasteiger partial charge in [0.1, 0.15) is 0 Å². The summed E-state index contributed by atoms with van der Waals surface area (Å²) in [5.74, 6) is 0.191. The van der Waals surface area contributed by atoms with Crippen LogP contribution < -0.4 is 5.32 Å². The highest BCUT2D eigenvalue weighted by Gasteiger charge is 2.12. The SMILES string of the molecule is C[C@H](C#N)CCC[C@@H]1CNCCO1. The van der Waals surface area contributed by atoms with E-state index in [1.165, 1.54) is 0 Å². The summed E-state index contributed by atoms with van der Waals surface area (Å²) in [4.78, 5) is 0. The second-order valence-corrected chi connectivity index (χ2v) is 3.66. The number of ether oxygens (including phenoxy) is 1. The van der Waals surface area contributed by atoms with Crippen molar-refractivity contribution >= 4 is 0 Å². The summed E-state index contributed by atoms with van der Waals surface area (Å²) in [6, 6.07) is 2.25. The lowest BCUT2D eigenvalue weighted by atomic mass is 10.0. The minimum absolute atomic E-state index is 0.191. The van der Waals surface area contributed by atoms with E-state index in [9.17, 15) is 0 Å². The molecule has 1 fully saturated rings. The largest absolute Gasteiger partial charge is 0.376 e. The van der Waals surface area contributed by atoms with Gasteiger partial charge in [-0.05, 0) is 26.2 Å². The molecule has 0 unspecified atom stereocenters. The molecule has 0 amide bonds. The van der Waals surface area contributed by atoms with Gasteiger partial charge in [-0.3, -0.25) is 0 Å². The van der Waals surface area contributed by atoms with Gasteiger partial charge in [0.15, 0.2) is 0 Å². The van der Waals surface area contributed by atoms with E-state index in [0.717, 1.165) is 39.0 Å². The molecule has 0 aromatic carbocycles. The number of nitrogens with one attached hydrogen (secondary N) is 1. The van der Waals surface area contributed by atoms with E-state index >= 15 is 0 Å².